The number of aliphatic hydroxyl groups excluding tert-OH is 1. The predicted molar refractivity (Wildman–Crippen MR) is 56.2 cm³/mol. The monoisotopic (exact) mass is 216 g/mol. The van der Waals surface area contributed by atoms with Crippen molar-refractivity contribution in [1.82, 2.24) is 0 Å². The van der Waals surface area contributed by atoms with Gasteiger partial charge in [-0.1, -0.05) is 23.7 Å². The SMILES string of the molecule is CC(O)c1cccc(Cl)c1C(C)(C)F. The Labute approximate surface area is 88.5 Å². The van der Waals surface area contributed by atoms with E-state index in [-0.39, 0.29) is 0 Å². The van der Waals surface area contributed by atoms with Crippen LogP contribution in [0.25, 0.3) is 0 Å². The fraction of sp³-hybridized carbons (Fsp3) is 0.455. The van der Waals surface area contributed by atoms with Gasteiger partial charge in [0.25, 0.3) is 0 Å². The van der Waals surface area contributed by atoms with Crippen LogP contribution in [0.15, 0.2) is 18.2 Å². The molecule has 1 unspecified atom stereocenters. The first kappa shape index (κ1) is 11.5. The van der Waals surface area contributed by atoms with Crippen LogP contribution < -0.4 is 0 Å². The Bertz CT molecular complexity index is 329. The van der Waals surface area contributed by atoms with Crippen LogP contribution in [0.1, 0.15) is 38.0 Å². The van der Waals surface area contributed by atoms with E-state index in [4.69, 9.17) is 11.6 Å². The number of benzene rings is 1. The van der Waals surface area contributed by atoms with Crippen molar-refractivity contribution < 1.29 is 9.50 Å². The van der Waals surface area contributed by atoms with Crippen LogP contribution in [-0.2, 0) is 5.67 Å². The zero-order valence-corrected chi connectivity index (χ0v) is 9.27. The number of hydrogen-bond acceptors (Lipinski definition) is 1. The summed E-state index contributed by atoms with van der Waals surface area (Å²) in [6, 6.07) is 5.02. The van der Waals surface area contributed by atoms with Crippen molar-refractivity contribution in [3.63, 3.8) is 0 Å². The van der Waals surface area contributed by atoms with Gasteiger partial charge in [-0.2, -0.15) is 0 Å². The maximum atomic E-state index is 13.8. The third kappa shape index (κ3) is 2.25. The van der Waals surface area contributed by atoms with Crippen molar-refractivity contribution in [2.75, 3.05) is 0 Å². The Balaban J connectivity index is 3.38. The molecule has 0 spiro atoms. The lowest BCUT2D eigenvalue weighted by molar-refractivity contribution is 0.180. The minimum absolute atomic E-state index is 0.357. The van der Waals surface area contributed by atoms with Crippen molar-refractivity contribution in [3.05, 3.63) is 34.3 Å². The Morgan fingerprint density at radius 1 is 1.43 bits per heavy atom. The molecule has 0 amide bonds. The standard InChI is InChI=1S/C11H14ClFO/c1-7(14)8-5-4-6-9(12)10(8)11(2,3)13/h4-7,14H,1-3H3. The van der Waals surface area contributed by atoms with E-state index in [9.17, 15) is 9.50 Å². The predicted octanol–water partition coefficient (Wildman–Crippen LogP) is 3.60. The zero-order chi connectivity index (χ0) is 10.9. The lowest BCUT2D eigenvalue weighted by Gasteiger charge is -2.22. The third-order valence-electron chi connectivity index (χ3n) is 2.09. The second kappa shape index (κ2) is 3.87. The van der Waals surface area contributed by atoms with Gasteiger partial charge >= 0.3 is 0 Å². The van der Waals surface area contributed by atoms with Crippen LogP contribution in [0.5, 0.6) is 0 Å². The topological polar surface area (TPSA) is 20.2 Å². The minimum Gasteiger partial charge on any atom is -0.389 e. The number of rotatable bonds is 2. The lowest BCUT2D eigenvalue weighted by atomic mass is 9.92. The van der Waals surface area contributed by atoms with Crippen LogP contribution >= 0.6 is 11.6 Å². The quantitative estimate of drug-likeness (QED) is 0.801. The van der Waals surface area contributed by atoms with E-state index in [1.165, 1.54) is 13.8 Å². The van der Waals surface area contributed by atoms with Crippen molar-refractivity contribution >= 4 is 11.6 Å². The molecule has 0 aliphatic carbocycles. The van der Waals surface area contributed by atoms with Gasteiger partial charge in [0.2, 0.25) is 0 Å². The molecule has 78 valence electrons. The molecule has 0 fully saturated rings. The normalized spacial score (nSPS) is 14.1. The molecule has 1 N–H and O–H groups in total. The summed E-state index contributed by atoms with van der Waals surface area (Å²) in [5.41, 5.74) is -0.619. The number of hydrogen-bond donors (Lipinski definition) is 1. The second-order valence-corrected chi connectivity index (χ2v) is 4.26. The molecule has 14 heavy (non-hydrogen) atoms. The molecule has 0 aliphatic heterocycles. The third-order valence-corrected chi connectivity index (χ3v) is 2.41. The van der Waals surface area contributed by atoms with Crippen molar-refractivity contribution in [2.24, 2.45) is 0 Å². The minimum atomic E-state index is -1.54. The van der Waals surface area contributed by atoms with Gasteiger partial charge in [-0.25, -0.2) is 4.39 Å². The number of halogens is 2. The van der Waals surface area contributed by atoms with Gasteiger partial charge in [-0.3, -0.25) is 0 Å². The molecule has 3 heteroatoms. The Hall–Kier alpha value is -0.600. The molecule has 0 aromatic heterocycles. The van der Waals surface area contributed by atoms with Gasteiger partial charge in [0.1, 0.15) is 5.67 Å². The van der Waals surface area contributed by atoms with E-state index >= 15 is 0 Å². The van der Waals surface area contributed by atoms with Crippen LogP contribution in [-0.4, -0.2) is 5.11 Å². The summed E-state index contributed by atoms with van der Waals surface area (Å²) >= 11 is 5.91. The highest BCUT2D eigenvalue weighted by molar-refractivity contribution is 6.31. The Morgan fingerprint density at radius 2 is 2.00 bits per heavy atom. The summed E-state index contributed by atoms with van der Waals surface area (Å²) in [6.45, 7) is 4.46. The number of aliphatic hydroxyl groups is 1. The van der Waals surface area contributed by atoms with Crippen LogP contribution in [0.3, 0.4) is 0 Å². The summed E-state index contributed by atoms with van der Waals surface area (Å²) in [6.07, 6.45) is -0.710. The van der Waals surface area contributed by atoms with Crippen molar-refractivity contribution in [2.45, 2.75) is 32.5 Å². The van der Waals surface area contributed by atoms with Crippen LogP contribution in [0.4, 0.5) is 4.39 Å². The van der Waals surface area contributed by atoms with E-state index in [0.29, 0.717) is 16.1 Å². The van der Waals surface area contributed by atoms with E-state index in [1.54, 1.807) is 25.1 Å². The molecule has 1 nitrogen and oxygen atoms in total. The average molecular weight is 217 g/mol. The molecule has 1 atom stereocenters. The van der Waals surface area contributed by atoms with Crippen molar-refractivity contribution in [1.29, 1.82) is 0 Å². The molecule has 0 radical (unpaired) electrons. The molecule has 0 saturated carbocycles. The Kier molecular flexibility index (Phi) is 3.17. The molecule has 0 saturated heterocycles. The highest BCUT2D eigenvalue weighted by Gasteiger charge is 2.26. The van der Waals surface area contributed by atoms with Gasteiger partial charge in [0.05, 0.1) is 6.10 Å². The molecular weight excluding hydrogens is 203 g/mol. The van der Waals surface area contributed by atoms with Crippen LogP contribution in [0.2, 0.25) is 5.02 Å². The summed E-state index contributed by atoms with van der Waals surface area (Å²) in [5, 5.41) is 9.82. The maximum absolute atomic E-state index is 13.8. The molecule has 0 aliphatic rings. The maximum Gasteiger partial charge on any atom is 0.132 e. The smallest absolute Gasteiger partial charge is 0.132 e. The van der Waals surface area contributed by atoms with Crippen LogP contribution in [0, 0.1) is 0 Å². The molecule has 1 rings (SSSR count). The molecule has 0 bridgehead atoms. The number of alkyl halides is 1. The summed E-state index contributed by atoms with van der Waals surface area (Å²) in [5.74, 6) is 0. The fourth-order valence-electron chi connectivity index (χ4n) is 1.52. The lowest BCUT2D eigenvalue weighted by Crippen LogP contribution is -2.14. The molecule has 1 aromatic carbocycles. The first-order valence-electron chi connectivity index (χ1n) is 4.50. The van der Waals surface area contributed by atoms with Gasteiger partial charge < -0.3 is 5.11 Å². The Morgan fingerprint density at radius 3 is 2.36 bits per heavy atom. The molecule has 1 aromatic rings. The van der Waals surface area contributed by atoms with Gasteiger partial charge in [-0.15, -0.1) is 0 Å². The second-order valence-electron chi connectivity index (χ2n) is 3.85. The van der Waals surface area contributed by atoms with Crippen molar-refractivity contribution in [3.8, 4) is 0 Å². The largest absolute Gasteiger partial charge is 0.389 e. The first-order valence-corrected chi connectivity index (χ1v) is 4.87. The van der Waals surface area contributed by atoms with E-state index in [1.807, 2.05) is 0 Å². The first-order chi connectivity index (χ1) is 6.34. The average Bonchev–Trinajstić information content (AvgIpc) is 2.01. The molecule has 0 heterocycles. The van der Waals surface area contributed by atoms with Gasteiger partial charge in [0, 0.05) is 10.6 Å². The summed E-state index contributed by atoms with van der Waals surface area (Å²) in [7, 11) is 0. The molecular formula is C11H14ClFO. The van der Waals surface area contributed by atoms with Gasteiger partial charge in [0.15, 0.2) is 0 Å². The highest BCUT2D eigenvalue weighted by atomic mass is 35.5. The zero-order valence-electron chi connectivity index (χ0n) is 8.51. The highest BCUT2D eigenvalue weighted by Crippen LogP contribution is 2.36. The van der Waals surface area contributed by atoms with E-state index < -0.39 is 11.8 Å². The summed E-state index contributed by atoms with van der Waals surface area (Å²) < 4.78 is 13.8. The van der Waals surface area contributed by atoms with E-state index in [2.05, 4.69) is 0 Å². The summed E-state index contributed by atoms with van der Waals surface area (Å²) in [4.78, 5) is 0. The fourth-order valence-corrected chi connectivity index (χ4v) is 1.92. The van der Waals surface area contributed by atoms with Gasteiger partial charge in [-0.05, 0) is 32.4 Å². The van der Waals surface area contributed by atoms with E-state index in [0.717, 1.165) is 0 Å².